The molecule has 1 saturated heterocycles. The van der Waals surface area contributed by atoms with Crippen LogP contribution in [0.4, 0.5) is 5.69 Å². The molecule has 1 amide bonds. The summed E-state index contributed by atoms with van der Waals surface area (Å²) < 4.78 is 5.29. The molecular weight excluding hydrogens is 316 g/mol. The number of amides is 1. The number of rotatable bonds is 7. The fraction of sp³-hybridized carbons (Fsp3) is 0.450. The van der Waals surface area contributed by atoms with E-state index in [4.69, 9.17) is 4.42 Å². The van der Waals surface area contributed by atoms with Gasteiger partial charge in [-0.1, -0.05) is 18.2 Å². The van der Waals surface area contributed by atoms with E-state index >= 15 is 0 Å². The summed E-state index contributed by atoms with van der Waals surface area (Å²) in [6.45, 7) is 1.71. The second-order valence-electron chi connectivity index (χ2n) is 6.64. The molecule has 5 heteroatoms. The van der Waals surface area contributed by atoms with E-state index in [-0.39, 0.29) is 5.91 Å². The lowest BCUT2D eigenvalue weighted by Gasteiger charge is -2.26. The van der Waals surface area contributed by atoms with E-state index < -0.39 is 6.10 Å². The summed E-state index contributed by atoms with van der Waals surface area (Å²) in [4.78, 5) is 16.5. The molecule has 5 nitrogen and oxygen atoms in total. The maximum Gasteiger partial charge on any atom is 0.228 e. The zero-order valence-electron chi connectivity index (χ0n) is 14.7. The minimum atomic E-state index is -0.580. The van der Waals surface area contributed by atoms with Crippen LogP contribution in [0.3, 0.4) is 0 Å². The van der Waals surface area contributed by atoms with Gasteiger partial charge in [0.05, 0.1) is 6.26 Å². The van der Waals surface area contributed by atoms with Crippen LogP contribution in [0.15, 0.2) is 53.1 Å². The Morgan fingerprint density at radius 3 is 2.84 bits per heavy atom. The summed E-state index contributed by atoms with van der Waals surface area (Å²) in [6, 6.07) is 13.6. The molecule has 2 aromatic rings. The highest BCUT2D eigenvalue weighted by molar-refractivity contribution is 5.92. The standard InChI is InChI=1S/C20H26N2O3/c1-21(16-7-3-2-4-8-16)20(24)11-13-22-12-5-9-17(22)15-18(23)19-10-6-14-25-19/h2-4,6-8,10,14,17-18,23H,5,9,11-13,15H2,1H3. The third kappa shape index (κ3) is 4.50. The highest BCUT2D eigenvalue weighted by atomic mass is 16.4. The molecule has 1 N–H and O–H groups in total. The molecule has 3 rings (SSSR count). The van der Waals surface area contributed by atoms with Crippen molar-refractivity contribution in [2.24, 2.45) is 0 Å². The number of hydrogen-bond donors (Lipinski definition) is 1. The number of aliphatic hydroxyl groups excluding tert-OH is 1. The first-order valence-corrected chi connectivity index (χ1v) is 8.92. The molecule has 0 radical (unpaired) electrons. The second-order valence-corrected chi connectivity index (χ2v) is 6.64. The van der Waals surface area contributed by atoms with Gasteiger partial charge in [-0.15, -0.1) is 0 Å². The summed E-state index contributed by atoms with van der Waals surface area (Å²) in [5, 5.41) is 10.3. The molecule has 2 unspecified atom stereocenters. The lowest BCUT2D eigenvalue weighted by atomic mass is 10.1. The average Bonchev–Trinajstić information content (AvgIpc) is 3.32. The zero-order valence-corrected chi connectivity index (χ0v) is 14.7. The van der Waals surface area contributed by atoms with Gasteiger partial charge >= 0.3 is 0 Å². The first kappa shape index (κ1) is 17.7. The fourth-order valence-corrected chi connectivity index (χ4v) is 3.51. The molecule has 1 aromatic heterocycles. The van der Waals surface area contributed by atoms with Gasteiger partial charge in [0.2, 0.25) is 5.91 Å². The lowest BCUT2D eigenvalue weighted by Crippen LogP contribution is -2.35. The largest absolute Gasteiger partial charge is 0.467 e. The van der Waals surface area contributed by atoms with Gasteiger partial charge in [-0.3, -0.25) is 9.69 Å². The normalized spacial score (nSPS) is 19.0. The quantitative estimate of drug-likeness (QED) is 0.839. The highest BCUT2D eigenvalue weighted by Gasteiger charge is 2.28. The third-order valence-electron chi connectivity index (χ3n) is 5.00. The van der Waals surface area contributed by atoms with Crippen molar-refractivity contribution in [3.63, 3.8) is 0 Å². The van der Waals surface area contributed by atoms with E-state index in [2.05, 4.69) is 4.90 Å². The first-order valence-electron chi connectivity index (χ1n) is 8.92. The van der Waals surface area contributed by atoms with Crippen molar-refractivity contribution in [2.45, 2.75) is 37.8 Å². The van der Waals surface area contributed by atoms with Crippen molar-refractivity contribution in [2.75, 3.05) is 25.0 Å². The average molecular weight is 342 g/mol. The topological polar surface area (TPSA) is 56.9 Å². The van der Waals surface area contributed by atoms with Crippen molar-refractivity contribution in [1.29, 1.82) is 0 Å². The summed E-state index contributed by atoms with van der Waals surface area (Å²) >= 11 is 0. The van der Waals surface area contributed by atoms with Crippen LogP contribution >= 0.6 is 0 Å². The van der Waals surface area contributed by atoms with Crippen LogP contribution in [0.5, 0.6) is 0 Å². The van der Waals surface area contributed by atoms with Gasteiger partial charge in [0.25, 0.3) is 0 Å². The summed E-state index contributed by atoms with van der Waals surface area (Å²) in [6.07, 6.45) is 4.31. The number of likely N-dealkylation sites (tertiary alicyclic amines) is 1. The minimum absolute atomic E-state index is 0.114. The Morgan fingerprint density at radius 2 is 2.12 bits per heavy atom. The van der Waals surface area contributed by atoms with Crippen LogP contribution in [0.1, 0.15) is 37.5 Å². The number of aliphatic hydroxyl groups is 1. The first-order chi connectivity index (χ1) is 12.1. The Bertz CT molecular complexity index is 657. The number of anilines is 1. The Morgan fingerprint density at radius 1 is 1.32 bits per heavy atom. The van der Waals surface area contributed by atoms with E-state index in [1.165, 1.54) is 0 Å². The number of para-hydroxylation sites is 1. The number of hydrogen-bond acceptors (Lipinski definition) is 4. The second kappa shape index (κ2) is 8.32. The van der Waals surface area contributed by atoms with Crippen LogP contribution in [0, 0.1) is 0 Å². The third-order valence-corrected chi connectivity index (χ3v) is 5.00. The molecule has 0 saturated carbocycles. The van der Waals surface area contributed by atoms with E-state index in [0.717, 1.165) is 31.6 Å². The molecule has 0 spiro atoms. The molecular formula is C20H26N2O3. The van der Waals surface area contributed by atoms with Gasteiger partial charge in [0.15, 0.2) is 0 Å². The molecule has 134 valence electrons. The molecule has 2 heterocycles. The predicted octanol–water partition coefficient (Wildman–Crippen LogP) is 3.22. The highest BCUT2D eigenvalue weighted by Crippen LogP contribution is 2.27. The van der Waals surface area contributed by atoms with Crippen LogP contribution in [0.25, 0.3) is 0 Å². The van der Waals surface area contributed by atoms with E-state index in [9.17, 15) is 9.90 Å². The van der Waals surface area contributed by atoms with Crippen molar-refractivity contribution in [3.8, 4) is 0 Å². The Hall–Kier alpha value is -2.11. The van der Waals surface area contributed by atoms with Gasteiger partial charge in [-0.25, -0.2) is 0 Å². The van der Waals surface area contributed by atoms with E-state index in [1.54, 1.807) is 17.2 Å². The monoisotopic (exact) mass is 342 g/mol. The number of nitrogens with zero attached hydrogens (tertiary/aromatic N) is 2. The maximum atomic E-state index is 12.5. The van der Waals surface area contributed by atoms with E-state index in [0.29, 0.717) is 24.6 Å². The van der Waals surface area contributed by atoms with E-state index in [1.807, 2.05) is 43.4 Å². The number of benzene rings is 1. The van der Waals surface area contributed by atoms with Crippen LogP contribution in [0.2, 0.25) is 0 Å². The lowest BCUT2D eigenvalue weighted by molar-refractivity contribution is -0.118. The molecule has 0 bridgehead atoms. The predicted molar refractivity (Wildman–Crippen MR) is 97.3 cm³/mol. The minimum Gasteiger partial charge on any atom is -0.467 e. The Kier molecular flexibility index (Phi) is 5.89. The number of furan rings is 1. The van der Waals surface area contributed by atoms with Crippen LogP contribution in [-0.4, -0.2) is 42.1 Å². The Balaban J connectivity index is 1.50. The zero-order chi connectivity index (χ0) is 17.6. The summed E-state index contributed by atoms with van der Waals surface area (Å²) in [5.74, 6) is 0.732. The van der Waals surface area contributed by atoms with Gasteiger partial charge in [-0.2, -0.15) is 0 Å². The van der Waals surface area contributed by atoms with Crippen molar-refractivity contribution < 1.29 is 14.3 Å². The number of carbonyl (C=O) groups is 1. The summed E-state index contributed by atoms with van der Waals surface area (Å²) in [5.41, 5.74) is 0.915. The van der Waals surface area contributed by atoms with Crippen molar-refractivity contribution in [1.82, 2.24) is 4.90 Å². The summed E-state index contributed by atoms with van der Waals surface area (Å²) in [7, 11) is 1.82. The maximum absolute atomic E-state index is 12.5. The van der Waals surface area contributed by atoms with Crippen LogP contribution < -0.4 is 4.90 Å². The molecule has 2 atom stereocenters. The van der Waals surface area contributed by atoms with Crippen molar-refractivity contribution >= 4 is 11.6 Å². The molecule has 1 aliphatic heterocycles. The Labute approximate surface area is 148 Å². The molecule has 1 aromatic carbocycles. The van der Waals surface area contributed by atoms with Gasteiger partial charge in [0, 0.05) is 31.7 Å². The smallest absolute Gasteiger partial charge is 0.228 e. The number of carbonyl (C=O) groups excluding carboxylic acids is 1. The van der Waals surface area contributed by atoms with Gasteiger partial charge < -0.3 is 14.4 Å². The van der Waals surface area contributed by atoms with Gasteiger partial charge in [0.1, 0.15) is 11.9 Å². The fourth-order valence-electron chi connectivity index (χ4n) is 3.51. The van der Waals surface area contributed by atoms with Crippen molar-refractivity contribution in [3.05, 3.63) is 54.5 Å². The van der Waals surface area contributed by atoms with Gasteiger partial charge in [-0.05, 0) is 50.1 Å². The molecule has 1 fully saturated rings. The van der Waals surface area contributed by atoms with Crippen LogP contribution in [-0.2, 0) is 4.79 Å². The SMILES string of the molecule is CN(C(=O)CCN1CCCC1CC(O)c1ccco1)c1ccccc1. The molecule has 25 heavy (non-hydrogen) atoms. The molecule has 1 aliphatic rings. The molecule has 0 aliphatic carbocycles.